The van der Waals surface area contributed by atoms with Gasteiger partial charge in [-0.1, -0.05) is 37.6 Å². The first-order valence-corrected chi connectivity index (χ1v) is 12.4. The summed E-state index contributed by atoms with van der Waals surface area (Å²) in [6.45, 7) is 11.8. The van der Waals surface area contributed by atoms with E-state index in [-0.39, 0.29) is 6.17 Å². The number of nitriles is 1. The molecule has 3 N–H and O–H groups in total. The molecule has 1 saturated carbocycles. The third-order valence-electron chi connectivity index (χ3n) is 7.77. The maximum atomic E-state index is 9.09. The van der Waals surface area contributed by atoms with Gasteiger partial charge in [0.2, 0.25) is 0 Å². The molecular formula is C28H38N4. The van der Waals surface area contributed by atoms with Crippen LogP contribution in [0.25, 0.3) is 5.70 Å². The van der Waals surface area contributed by atoms with Crippen molar-refractivity contribution in [3.63, 3.8) is 0 Å². The Morgan fingerprint density at radius 1 is 1.19 bits per heavy atom. The largest absolute Gasteiger partial charge is 0.371 e. The van der Waals surface area contributed by atoms with E-state index in [1.807, 2.05) is 6.08 Å². The first kappa shape index (κ1) is 22.8. The lowest BCUT2D eigenvalue weighted by atomic mass is 9.76. The normalized spacial score (nSPS) is 20.8. The zero-order chi connectivity index (χ0) is 22.7. The third-order valence-corrected chi connectivity index (χ3v) is 7.77. The Morgan fingerprint density at radius 3 is 2.50 bits per heavy atom. The van der Waals surface area contributed by atoms with Crippen LogP contribution in [-0.4, -0.2) is 24.5 Å². The van der Waals surface area contributed by atoms with Gasteiger partial charge in [0.1, 0.15) is 0 Å². The highest BCUT2D eigenvalue weighted by molar-refractivity contribution is 5.67. The van der Waals surface area contributed by atoms with Crippen LogP contribution in [0.1, 0.15) is 86.2 Å². The Hall–Kier alpha value is -2.35. The highest BCUT2D eigenvalue weighted by Gasteiger charge is 2.28. The second-order valence-corrected chi connectivity index (χ2v) is 9.71. The lowest BCUT2D eigenvalue weighted by Crippen LogP contribution is -2.34. The summed E-state index contributed by atoms with van der Waals surface area (Å²) >= 11 is 0. The lowest BCUT2D eigenvalue weighted by Gasteiger charge is -2.37. The number of hydrogen-bond donors (Lipinski definition) is 2. The van der Waals surface area contributed by atoms with E-state index in [0.29, 0.717) is 11.8 Å². The Balaban J connectivity index is 1.49. The van der Waals surface area contributed by atoms with Gasteiger partial charge in [-0.25, -0.2) is 0 Å². The summed E-state index contributed by atoms with van der Waals surface area (Å²) < 4.78 is 0. The number of allylic oxidation sites excluding steroid dienone is 4. The van der Waals surface area contributed by atoms with Crippen LogP contribution < -0.4 is 11.1 Å². The molecule has 0 aromatic heterocycles. The van der Waals surface area contributed by atoms with Gasteiger partial charge in [0.25, 0.3) is 0 Å². The summed E-state index contributed by atoms with van der Waals surface area (Å²) in [5.41, 5.74) is 15.4. The van der Waals surface area contributed by atoms with Crippen molar-refractivity contribution in [1.82, 2.24) is 10.2 Å². The first-order valence-electron chi connectivity index (χ1n) is 12.4. The number of benzene rings is 1. The van der Waals surface area contributed by atoms with Gasteiger partial charge >= 0.3 is 0 Å². The SMILES string of the molecule is C=C(c1cc(C(N)NCC)c(C2CCC2)cc1C)N1CCC(C2=CC=C(C#N)CC2)CC1. The van der Waals surface area contributed by atoms with Crippen molar-refractivity contribution in [2.24, 2.45) is 11.7 Å². The number of nitrogens with two attached hydrogens (primary N) is 1. The van der Waals surface area contributed by atoms with Crippen LogP contribution in [0.15, 0.2) is 42.0 Å². The molecule has 170 valence electrons. The molecule has 1 aliphatic heterocycles. The number of aryl methyl sites for hydroxylation is 1. The fraction of sp³-hybridized carbons (Fsp3) is 0.536. The Bertz CT molecular complexity index is 952. The molecule has 0 amide bonds. The molecule has 1 unspecified atom stereocenters. The predicted octanol–water partition coefficient (Wildman–Crippen LogP) is 5.68. The minimum absolute atomic E-state index is 0.127. The molecule has 1 heterocycles. The molecule has 3 aliphatic rings. The van der Waals surface area contributed by atoms with Crippen molar-refractivity contribution >= 4 is 5.70 Å². The van der Waals surface area contributed by atoms with E-state index in [0.717, 1.165) is 56.6 Å². The highest BCUT2D eigenvalue weighted by atomic mass is 15.1. The fourth-order valence-corrected chi connectivity index (χ4v) is 5.51. The van der Waals surface area contributed by atoms with Crippen molar-refractivity contribution < 1.29 is 0 Å². The zero-order valence-electron chi connectivity index (χ0n) is 19.8. The van der Waals surface area contributed by atoms with Crippen LogP contribution in [0.4, 0.5) is 0 Å². The topological polar surface area (TPSA) is 65.1 Å². The summed E-state index contributed by atoms with van der Waals surface area (Å²) in [5, 5.41) is 12.5. The second kappa shape index (κ2) is 10.1. The zero-order valence-corrected chi connectivity index (χ0v) is 19.8. The number of hydrogen-bond acceptors (Lipinski definition) is 4. The van der Waals surface area contributed by atoms with Crippen molar-refractivity contribution in [1.29, 1.82) is 5.26 Å². The third kappa shape index (κ3) is 4.70. The van der Waals surface area contributed by atoms with Gasteiger partial charge < -0.3 is 10.6 Å². The van der Waals surface area contributed by atoms with Gasteiger partial charge in [-0.15, -0.1) is 0 Å². The molecule has 4 nitrogen and oxygen atoms in total. The van der Waals surface area contributed by atoms with Gasteiger partial charge in [-0.2, -0.15) is 5.26 Å². The molecule has 4 rings (SSSR count). The fourth-order valence-electron chi connectivity index (χ4n) is 5.51. The maximum absolute atomic E-state index is 9.09. The molecule has 4 heteroatoms. The van der Waals surface area contributed by atoms with E-state index in [9.17, 15) is 0 Å². The molecule has 1 aromatic carbocycles. The highest BCUT2D eigenvalue weighted by Crippen LogP contribution is 2.41. The molecule has 1 saturated heterocycles. The Kier molecular flexibility index (Phi) is 7.18. The van der Waals surface area contributed by atoms with Gasteiger partial charge in [-0.05, 0) is 92.7 Å². The average Bonchev–Trinajstić information content (AvgIpc) is 2.78. The Labute approximate surface area is 193 Å². The number of rotatable bonds is 7. The number of likely N-dealkylation sites (tertiary alicyclic amines) is 1. The van der Waals surface area contributed by atoms with Crippen LogP contribution in [0.2, 0.25) is 0 Å². The van der Waals surface area contributed by atoms with Gasteiger partial charge in [0, 0.05) is 29.9 Å². The first-order chi connectivity index (χ1) is 15.5. The Morgan fingerprint density at radius 2 is 1.94 bits per heavy atom. The number of nitrogens with zero attached hydrogens (tertiary/aromatic N) is 2. The monoisotopic (exact) mass is 430 g/mol. The van der Waals surface area contributed by atoms with Gasteiger partial charge in [0.15, 0.2) is 0 Å². The smallest absolute Gasteiger partial charge is 0.0947 e. The summed E-state index contributed by atoms with van der Waals surface area (Å²) in [7, 11) is 0. The number of piperidine rings is 1. The molecular weight excluding hydrogens is 392 g/mol. The molecule has 0 spiro atoms. The van der Waals surface area contributed by atoms with Crippen molar-refractivity contribution in [2.75, 3.05) is 19.6 Å². The molecule has 0 bridgehead atoms. The van der Waals surface area contributed by atoms with Crippen LogP contribution >= 0.6 is 0 Å². The van der Waals surface area contributed by atoms with Crippen LogP contribution in [0.5, 0.6) is 0 Å². The predicted molar refractivity (Wildman–Crippen MR) is 133 cm³/mol. The number of nitrogens with one attached hydrogen (secondary N) is 1. The van der Waals surface area contributed by atoms with Crippen LogP contribution in [-0.2, 0) is 0 Å². The molecule has 1 atom stereocenters. The summed E-state index contributed by atoms with van der Waals surface area (Å²) in [4.78, 5) is 2.46. The van der Waals surface area contributed by atoms with Crippen molar-refractivity contribution in [3.8, 4) is 6.07 Å². The quantitative estimate of drug-likeness (QED) is 0.546. The van der Waals surface area contributed by atoms with Gasteiger partial charge in [-0.3, -0.25) is 5.32 Å². The molecule has 2 fully saturated rings. The van der Waals surface area contributed by atoms with Gasteiger partial charge in [0.05, 0.1) is 12.2 Å². The minimum atomic E-state index is -0.127. The van der Waals surface area contributed by atoms with Crippen molar-refractivity contribution in [2.45, 2.75) is 70.9 Å². The average molecular weight is 431 g/mol. The molecule has 0 radical (unpaired) electrons. The van der Waals surface area contributed by atoms with Crippen LogP contribution in [0.3, 0.4) is 0 Å². The van der Waals surface area contributed by atoms with E-state index >= 15 is 0 Å². The summed E-state index contributed by atoms with van der Waals surface area (Å²) in [5.74, 6) is 1.29. The van der Waals surface area contributed by atoms with Crippen LogP contribution in [0, 0.1) is 24.2 Å². The van der Waals surface area contributed by atoms with E-state index in [1.54, 1.807) is 0 Å². The summed E-state index contributed by atoms with van der Waals surface area (Å²) in [6, 6.07) is 7.00. The second-order valence-electron chi connectivity index (χ2n) is 9.71. The van der Waals surface area contributed by atoms with Crippen molar-refractivity contribution in [3.05, 3.63) is 64.3 Å². The maximum Gasteiger partial charge on any atom is 0.0947 e. The lowest BCUT2D eigenvalue weighted by molar-refractivity contribution is 0.275. The molecule has 32 heavy (non-hydrogen) atoms. The van der Waals surface area contributed by atoms with E-state index < -0.39 is 0 Å². The van der Waals surface area contributed by atoms with E-state index in [2.05, 4.69) is 54.9 Å². The van der Waals surface area contributed by atoms with E-state index in [4.69, 9.17) is 11.0 Å². The standard InChI is InChI=1S/C28H38N4/c1-4-31-28(30)27-17-25(19(2)16-26(27)24-6-5-7-24)20(3)32-14-12-23(13-15-32)22-10-8-21(18-29)9-11-22/h8,10,16-17,23-24,28,31H,3-7,9,11-15,30H2,1-2H3. The molecule has 2 aliphatic carbocycles. The van der Waals surface area contributed by atoms with E-state index in [1.165, 1.54) is 47.1 Å². The molecule has 1 aromatic rings. The minimum Gasteiger partial charge on any atom is -0.371 e. The summed E-state index contributed by atoms with van der Waals surface area (Å²) in [6.07, 6.45) is 12.2.